The van der Waals surface area contributed by atoms with Gasteiger partial charge in [-0.1, -0.05) is 13.8 Å². The summed E-state index contributed by atoms with van der Waals surface area (Å²) in [5.74, 6) is 1.12. The lowest BCUT2D eigenvalue weighted by atomic mass is 9.94. The molecule has 27 heavy (non-hydrogen) atoms. The Morgan fingerprint density at radius 2 is 1.93 bits per heavy atom. The van der Waals surface area contributed by atoms with E-state index in [1.54, 1.807) is 0 Å². The van der Waals surface area contributed by atoms with Crippen LogP contribution >= 0.6 is 0 Å². The highest BCUT2D eigenvalue weighted by molar-refractivity contribution is 5.93. The van der Waals surface area contributed by atoms with Gasteiger partial charge in [0.2, 0.25) is 0 Å². The first-order valence-electron chi connectivity index (χ1n) is 10.8. The van der Waals surface area contributed by atoms with Crippen LogP contribution in [-0.2, 0) is 11.3 Å². The molecule has 0 N–H and O–H groups in total. The normalized spacial score (nSPS) is 27.3. The maximum absolute atomic E-state index is 13.5. The molecule has 0 unspecified atom stereocenters. The maximum atomic E-state index is 13.5. The summed E-state index contributed by atoms with van der Waals surface area (Å²) in [6, 6.07) is 2.98. The Hall–Kier alpha value is -1.40. The minimum atomic E-state index is 0.180. The van der Waals surface area contributed by atoms with E-state index < -0.39 is 0 Å². The molecule has 2 atom stereocenters. The van der Waals surface area contributed by atoms with E-state index in [9.17, 15) is 4.79 Å². The molecule has 6 nitrogen and oxygen atoms in total. The number of carbonyl (C=O) groups is 1. The van der Waals surface area contributed by atoms with Gasteiger partial charge in [0, 0.05) is 51.5 Å². The monoisotopic (exact) mass is 374 g/mol. The van der Waals surface area contributed by atoms with E-state index in [1.807, 2.05) is 10.7 Å². The van der Waals surface area contributed by atoms with Crippen LogP contribution in [0.1, 0.15) is 68.6 Å². The average molecular weight is 375 g/mol. The van der Waals surface area contributed by atoms with Crippen LogP contribution in [-0.4, -0.2) is 70.4 Å². The molecular weight excluding hydrogens is 340 g/mol. The number of hydrogen-bond donors (Lipinski definition) is 0. The Morgan fingerprint density at radius 3 is 2.63 bits per heavy atom. The molecule has 4 fully saturated rings. The molecule has 4 aliphatic heterocycles. The molecule has 4 aliphatic rings. The van der Waals surface area contributed by atoms with Crippen molar-refractivity contribution in [2.75, 3.05) is 32.8 Å². The van der Waals surface area contributed by atoms with Crippen LogP contribution < -0.4 is 0 Å². The molecule has 0 spiro atoms. The number of fused-ring (bicyclic) bond motifs is 4. The number of amides is 1. The Morgan fingerprint density at radius 1 is 1.15 bits per heavy atom. The van der Waals surface area contributed by atoms with Crippen LogP contribution in [0.5, 0.6) is 0 Å². The van der Waals surface area contributed by atoms with Crippen molar-refractivity contribution < 1.29 is 9.53 Å². The van der Waals surface area contributed by atoms with Gasteiger partial charge >= 0.3 is 0 Å². The van der Waals surface area contributed by atoms with E-state index in [1.165, 1.54) is 6.42 Å². The van der Waals surface area contributed by atoms with E-state index in [0.717, 1.165) is 70.0 Å². The van der Waals surface area contributed by atoms with Gasteiger partial charge in [-0.15, -0.1) is 0 Å². The lowest BCUT2D eigenvalue weighted by Crippen LogP contribution is -2.49. The fourth-order valence-electron chi connectivity index (χ4n) is 4.99. The van der Waals surface area contributed by atoms with Crippen molar-refractivity contribution in [3.8, 4) is 0 Å². The third-order valence-corrected chi connectivity index (χ3v) is 6.62. The lowest BCUT2D eigenvalue weighted by molar-refractivity contribution is 0.0303. The van der Waals surface area contributed by atoms with Crippen molar-refractivity contribution in [3.63, 3.8) is 0 Å². The first kappa shape index (κ1) is 18.9. The number of piperidine rings is 1. The van der Waals surface area contributed by atoms with E-state index in [-0.39, 0.29) is 5.91 Å². The highest BCUT2D eigenvalue weighted by atomic mass is 16.5. The average Bonchev–Trinajstić information content (AvgIpc) is 2.92. The van der Waals surface area contributed by atoms with Gasteiger partial charge in [0.05, 0.1) is 5.69 Å². The van der Waals surface area contributed by atoms with E-state index >= 15 is 0 Å². The summed E-state index contributed by atoms with van der Waals surface area (Å²) in [6.07, 6.45) is 4.65. The summed E-state index contributed by atoms with van der Waals surface area (Å²) in [4.78, 5) is 18.3. The molecule has 150 valence electrons. The first-order valence-corrected chi connectivity index (χ1v) is 10.8. The smallest absolute Gasteiger partial charge is 0.272 e. The van der Waals surface area contributed by atoms with Crippen LogP contribution in [0.2, 0.25) is 0 Å². The van der Waals surface area contributed by atoms with Gasteiger partial charge in [-0.2, -0.15) is 5.10 Å². The molecule has 4 saturated heterocycles. The minimum Gasteiger partial charge on any atom is -0.381 e. The first-order chi connectivity index (χ1) is 13.1. The number of aryl methyl sites for hydroxylation is 1. The standard InChI is InChI=1S/C21H34N4O2/c1-4-25-20(11-19(22-25)15(2)3)21(26)24-13-16-5-6-18(24)14-23(12-16)17-7-9-27-10-8-17/h11,15-18H,4-10,12-14H2,1-3H3/t16-,18+/m1/s1. The van der Waals surface area contributed by atoms with Gasteiger partial charge in [0.25, 0.3) is 5.91 Å². The van der Waals surface area contributed by atoms with Crippen molar-refractivity contribution in [1.82, 2.24) is 19.6 Å². The zero-order chi connectivity index (χ0) is 19.0. The van der Waals surface area contributed by atoms with E-state index in [4.69, 9.17) is 4.74 Å². The van der Waals surface area contributed by atoms with Crippen LogP contribution in [0.15, 0.2) is 6.07 Å². The van der Waals surface area contributed by atoms with Gasteiger partial charge in [-0.3, -0.25) is 14.4 Å². The predicted molar refractivity (Wildman–Crippen MR) is 105 cm³/mol. The maximum Gasteiger partial charge on any atom is 0.272 e. The van der Waals surface area contributed by atoms with Crippen LogP contribution in [0.3, 0.4) is 0 Å². The number of aromatic nitrogens is 2. The Kier molecular flexibility index (Phi) is 5.55. The largest absolute Gasteiger partial charge is 0.381 e. The zero-order valence-electron chi connectivity index (χ0n) is 17.1. The molecule has 5 heterocycles. The van der Waals surface area contributed by atoms with Gasteiger partial charge in [-0.25, -0.2) is 0 Å². The summed E-state index contributed by atoms with van der Waals surface area (Å²) >= 11 is 0. The number of rotatable bonds is 4. The highest BCUT2D eigenvalue weighted by Crippen LogP contribution is 2.32. The molecule has 5 rings (SSSR count). The van der Waals surface area contributed by atoms with Crippen LogP contribution in [0, 0.1) is 5.92 Å². The molecule has 0 aromatic carbocycles. The number of nitrogens with zero attached hydrogens (tertiary/aromatic N) is 4. The SMILES string of the molecule is CCn1nc(C(C)C)cc1C(=O)N1C[C@@H]2CC[C@H]1CN(C1CCOCC1)C2. The van der Waals surface area contributed by atoms with Crippen molar-refractivity contribution in [3.05, 3.63) is 17.5 Å². The quantitative estimate of drug-likeness (QED) is 0.813. The van der Waals surface area contributed by atoms with Gasteiger partial charge < -0.3 is 9.64 Å². The second kappa shape index (κ2) is 7.92. The molecule has 0 radical (unpaired) electrons. The number of hydrogen-bond acceptors (Lipinski definition) is 4. The second-order valence-corrected chi connectivity index (χ2v) is 8.78. The summed E-state index contributed by atoms with van der Waals surface area (Å²) in [5, 5.41) is 4.66. The van der Waals surface area contributed by atoms with Crippen LogP contribution in [0.25, 0.3) is 0 Å². The highest BCUT2D eigenvalue weighted by Gasteiger charge is 2.40. The summed E-state index contributed by atoms with van der Waals surface area (Å²) < 4.78 is 7.45. The third-order valence-electron chi connectivity index (χ3n) is 6.62. The van der Waals surface area contributed by atoms with Crippen molar-refractivity contribution in [2.45, 2.75) is 71.0 Å². The summed E-state index contributed by atoms with van der Waals surface area (Å²) in [7, 11) is 0. The van der Waals surface area contributed by atoms with Gasteiger partial charge in [0.1, 0.15) is 5.69 Å². The van der Waals surface area contributed by atoms with E-state index in [2.05, 4.69) is 35.7 Å². The van der Waals surface area contributed by atoms with E-state index in [0.29, 0.717) is 23.9 Å². The number of carbonyl (C=O) groups excluding carboxylic acids is 1. The molecule has 0 aliphatic carbocycles. The fourth-order valence-corrected chi connectivity index (χ4v) is 4.99. The molecule has 2 bridgehead atoms. The van der Waals surface area contributed by atoms with Gasteiger partial charge in [0.15, 0.2) is 0 Å². The molecule has 0 saturated carbocycles. The number of ether oxygens (including phenoxy) is 1. The molecule has 1 aromatic heterocycles. The Labute approximate surface area is 162 Å². The Bertz CT molecular complexity index is 665. The molecule has 1 amide bonds. The van der Waals surface area contributed by atoms with Gasteiger partial charge in [-0.05, 0) is 50.5 Å². The minimum absolute atomic E-state index is 0.180. The van der Waals surface area contributed by atoms with Crippen LogP contribution in [0.4, 0.5) is 0 Å². The molecule has 1 aromatic rings. The third kappa shape index (κ3) is 3.79. The Balaban J connectivity index is 1.53. The zero-order valence-corrected chi connectivity index (χ0v) is 17.1. The predicted octanol–water partition coefficient (Wildman–Crippen LogP) is 2.74. The lowest BCUT2D eigenvalue weighted by Gasteiger charge is -2.37. The topological polar surface area (TPSA) is 50.6 Å². The summed E-state index contributed by atoms with van der Waals surface area (Å²) in [6.45, 7) is 11.9. The van der Waals surface area contributed by atoms with Crippen molar-refractivity contribution in [2.24, 2.45) is 5.92 Å². The molecular formula is C21H34N4O2. The van der Waals surface area contributed by atoms with Crippen molar-refractivity contribution >= 4 is 5.91 Å². The fraction of sp³-hybridized carbons (Fsp3) is 0.810. The summed E-state index contributed by atoms with van der Waals surface area (Å²) in [5.41, 5.74) is 1.79. The molecule has 6 heteroatoms. The van der Waals surface area contributed by atoms with Crippen molar-refractivity contribution in [1.29, 1.82) is 0 Å². The second-order valence-electron chi connectivity index (χ2n) is 8.78.